The van der Waals surface area contributed by atoms with Gasteiger partial charge in [-0.2, -0.15) is 0 Å². The second-order valence-corrected chi connectivity index (χ2v) is 24.4. The van der Waals surface area contributed by atoms with E-state index >= 15 is 0 Å². The van der Waals surface area contributed by atoms with Crippen LogP contribution < -0.4 is 41.2 Å². The minimum absolute atomic E-state index is 0.0237. The van der Waals surface area contributed by atoms with E-state index in [0.29, 0.717) is 39.1 Å². The maximum absolute atomic E-state index is 14.7. The molecule has 0 aliphatic carbocycles. The Balaban J connectivity index is 1.20. The average Bonchev–Trinajstić information content (AvgIpc) is 1.75. The maximum Gasteiger partial charge on any atom is 0.261 e. The molecule has 14 atom stereocenters. The number of hydrogen-bond donors (Lipinski definition) is 15. The third-order valence-electron chi connectivity index (χ3n) is 16.0. The molecule has 14 unspecified atom stereocenters. The fourth-order valence-electron chi connectivity index (χ4n) is 11.0. The van der Waals surface area contributed by atoms with Gasteiger partial charge in [-0.15, -0.1) is 10.2 Å². The number of aliphatic hydroxyl groups excluding tert-OH is 7. The van der Waals surface area contributed by atoms with Gasteiger partial charge in [-0.25, -0.2) is 5.26 Å². The molecule has 3 saturated heterocycles. The number of carbonyl (C=O) groups is 8. The average molecular weight is 1340 g/mol. The largest absolute Gasteiger partial charge is 0.504 e. The highest BCUT2D eigenvalue weighted by molar-refractivity contribution is 7.90. The first-order chi connectivity index (χ1) is 44.2. The van der Waals surface area contributed by atoms with Crippen LogP contribution in [0, 0.1) is 19.8 Å². The fourth-order valence-corrected chi connectivity index (χ4v) is 12.2. The van der Waals surface area contributed by atoms with Crippen LogP contribution in [0.3, 0.4) is 0 Å². The second kappa shape index (κ2) is 33.4. The molecule has 0 radical (unpaired) electrons. The first kappa shape index (κ1) is 72.7. The van der Waals surface area contributed by atoms with Gasteiger partial charge in [0.1, 0.15) is 64.2 Å². The quantitative estimate of drug-likeness (QED) is 0.0173. The number of primary amides is 1. The molecule has 1 aromatic heterocycles. The first-order valence-electron chi connectivity index (χ1n) is 29.7. The summed E-state index contributed by atoms with van der Waals surface area (Å²) in [7, 11) is 1.68. The van der Waals surface area contributed by atoms with E-state index < -0.39 is 183 Å². The third kappa shape index (κ3) is 18.6. The molecular formula is C59H78N10O22S2. The summed E-state index contributed by atoms with van der Waals surface area (Å²) in [6.45, 7) is 5.31. The van der Waals surface area contributed by atoms with E-state index in [2.05, 4.69) is 46.2 Å². The molecule has 4 heterocycles. The fraction of sp³-hybridized carbons (Fsp3) is 0.525. The van der Waals surface area contributed by atoms with Gasteiger partial charge >= 0.3 is 0 Å². The van der Waals surface area contributed by atoms with Crippen molar-refractivity contribution in [1.82, 2.24) is 46.6 Å². The van der Waals surface area contributed by atoms with Crippen LogP contribution in [-0.4, -0.2) is 226 Å². The summed E-state index contributed by atoms with van der Waals surface area (Å²) in [5, 5.41) is 124. The van der Waals surface area contributed by atoms with Crippen molar-refractivity contribution in [2.45, 2.75) is 152 Å². The lowest BCUT2D eigenvalue weighted by molar-refractivity contribution is -0.433. The number of aliphatic hydroxyl groups is 7. The number of methoxy groups -OCH3 is 1. The molecule has 3 aromatic carbocycles. The predicted molar refractivity (Wildman–Crippen MR) is 327 cm³/mol. The minimum atomic E-state index is -2.53. The number of phenolic OH excluding ortho intramolecular Hbond substituents is 1. The Morgan fingerprint density at radius 3 is 2.13 bits per heavy atom. The zero-order valence-corrected chi connectivity index (χ0v) is 52.9. The lowest BCUT2D eigenvalue weighted by Gasteiger charge is -2.34. The number of ether oxygens (including phenoxy) is 2. The minimum Gasteiger partial charge on any atom is -0.504 e. The number of β-amino-alcohol motifs (C(OH)–C–C–N with tert-alkyl or cyclic N) is 1. The number of phenols is 1. The SMILES string of the molecule is COCCCCCCOc1ccc(-c2nnc(-c3cc(C)c(C(=O)NC4CC(O)CNC(=O)C5C(O)C(C)CN5C(=O)C(C(O)CC(N)=O)NC(=O)C(C(O)C(O)c5ccc(O)c(OSOOO)c5)NC(=O)C5CC(O)CN5C(=O)C(C(C)O)NC4=O)cc3C)s2)cc1. The smallest absolute Gasteiger partial charge is 0.261 e. The molecular weight excluding hydrogens is 1260 g/mol. The molecule has 16 N–H and O–H groups in total. The van der Waals surface area contributed by atoms with E-state index in [0.717, 1.165) is 72.8 Å². The second-order valence-electron chi connectivity index (χ2n) is 23.0. The van der Waals surface area contributed by atoms with Crippen LogP contribution in [0.5, 0.6) is 17.2 Å². The van der Waals surface area contributed by atoms with Crippen molar-refractivity contribution in [2.75, 3.05) is 40.0 Å². The van der Waals surface area contributed by atoms with E-state index in [-0.39, 0.29) is 23.5 Å². The summed E-state index contributed by atoms with van der Waals surface area (Å²) < 4.78 is 20.2. The Morgan fingerprint density at radius 1 is 0.785 bits per heavy atom. The van der Waals surface area contributed by atoms with Gasteiger partial charge in [-0.05, 0) is 105 Å². The number of benzene rings is 3. The summed E-state index contributed by atoms with van der Waals surface area (Å²) in [5.41, 5.74) is 7.46. The standard InChI is InChI=1S/C59H78N10O22S2/c1-27-19-37(57-67-66-56(92-57)31-10-13-35(14-11-31)88-17-9-7-6-8-16-87-5)28(2)18-36(27)51(79)62-38-21-33(71)24-61-55(83)47-48(76)29(3)25-69(47)59(85)45(41(74)23-43(60)75)64-54(82)46(50(78)49(77)32-12-15-40(73)42(20-32)89-93-91-90-86)65-53(81)39-22-34(72)26-68(39)58(84)44(30(4)70)63-52(38)80/h10-15,18-20,29-30,33-34,38-39,41,44-50,70-74,76-78,86H,6-9,16-17,21-26H2,1-5H3,(H2,60,75)(H,61,83)(H,62,79)(H,63,80)(H,64,82)(H,65,81). The van der Waals surface area contributed by atoms with Crippen molar-refractivity contribution in [3.63, 3.8) is 0 Å². The van der Waals surface area contributed by atoms with Crippen molar-refractivity contribution < 1.29 is 107 Å². The van der Waals surface area contributed by atoms with Gasteiger partial charge in [0.05, 0.1) is 43.5 Å². The summed E-state index contributed by atoms with van der Waals surface area (Å²) in [6, 6.07) is 1.27. The number of aromatic nitrogens is 2. The van der Waals surface area contributed by atoms with Gasteiger partial charge in [0.25, 0.3) is 18.2 Å². The van der Waals surface area contributed by atoms with Gasteiger partial charge in [0.2, 0.25) is 41.4 Å². The van der Waals surface area contributed by atoms with Crippen molar-refractivity contribution in [1.29, 1.82) is 0 Å². The van der Waals surface area contributed by atoms with Crippen molar-refractivity contribution in [2.24, 2.45) is 11.7 Å². The van der Waals surface area contributed by atoms with E-state index in [4.69, 9.17) is 24.6 Å². The molecule has 93 heavy (non-hydrogen) atoms. The molecule has 0 saturated carbocycles. The summed E-state index contributed by atoms with van der Waals surface area (Å²) in [5.74, 6) is -11.2. The lowest BCUT2D eigenvalue weighted by atomic mass is 9.96. The highest BCUT2D eigenvalue weighted by Crippen LogP contribution is 2.36. The van der Waals surface area contributed by atoms with Crippen molar-refractivity contribution in [3.05, 3.63) is 76.9 Å². The molecule has 3 fully saturated rings. The van der Waals surface area contributed by atoms with Crippen LogP contribution in [-0.2, 0) is 47.7 Å². The topological polar surface area (TPSA) is 483 Å². The van der Waals surface area contributed by atoms with Gasteiger partial charge in [-0.1, -0.05) is 40.1 Å². The van der Waals surface area contributed by atoms with Crippen molar-refractivity contribution >= 4 is 70.9 Å². The van der Waals surface area contributed by atoms with Gasteiger partial charge in [0.15, 0.2) is 11.5 Å². The monoisotopic (exact) mass is 1340 g/mol. The van der Waals surface area contributed by atoms with Gasteiger partial charge < -0.3 is 96.6 Å². The van der Waals surface area contributed by atoms with Gasteiger partial charge in [-0.3, -0.25) is 38.4 Å². The Morgan fingerprint density at radius 2 is 1.45 bits per heavy atom. The lowest BCUT2D eigenvalue weighted by Crippen LogP contribution is -2.64. The molecule has 4 aromatic rings. The molecule has 3 aliphatic rings. The number of rotatable bonds is 23. The number of carbonyl (C=O) groups excluding carboxylic acids is 8. The Hall–Kier alpha value is -7.71. The van der Waals surface area contributed by atoms with Crippen molar-refractivity contribution in [3.8, 4) is 38.4 Å². The predicted octanol–water partition coefficient (Wildman–Crippen LogP) is -1.54. The Bertz CT molecular complexity index is 3290. The Kier molecular flexibility index (Phi) is 26.1. The normalized spacial score (nSPS) is 24.9. The van der Waals surface area contributed by atoms with Crippen LogP contribution >= 0.6 is 23.7 Å². The zero-order chi connectivity index (χ0) is 68.0. The number of aryl methyl sites for hydroxylation is 2. The molecule has 508 valence electrons. The number of aromatic hydroxyl groups is 1. The third-order valence-corrected chi connectivity index (χ3v) is 17.4. The Labute approximate surface area is 541 Å². The zero-order valence-electron chi connectivity index (χ0n) is 51.3. The maximum atomic E-state index is 14.7. The highest BCUT2D eigenvalue weighted by Gasteiger charge is 2.50. The number of hydrogen-bond acceptors (Lipinski definition) is 26. The molecule has 3 aliphatic heterocycles. The number of nitrogens with zero attached hydrogens (tertiary/aromatic N) is 4. The number of nitrogens with two attached hydrogens (primary N) is 1. The number of nitrogens with one attached hydrogen (secondary N) is 5. The highest BCUT2D eigenvalue weighted by atomic mass is 32.2. The van der Waals surface area contributed by atoms with Crippen LogP contribution in [0.15, 0.2) is 54.6 Å². The number of unbranched alkanes of at least 4 members (excludes halogenated alkanes) is 3. The van der Waals surface area contributed by atoms with Gasteiger partial charge in [0, 0.05) is 68.8 Å². The van der Waals surface area contributed by atoms with E-state index in [1.807, 2.05) is 24.3 Å². The van der Waals surface area contributed by atoms with E-state index in [1.54, 1.807) is 27.0 Å². The molecule has 8 amide bonds. The summed E-state index contributed by atoms with van der Waals surface area (Å²) in [6.07, 6.45) is -12.2. The summed E-state index contributed by atoms with van der Waals surface area (Å²) >= 11 is 1.27. The van der Waals surface area contributed by atoms with Crippen LogP contribution in [0.1, 0.15) is 91.9 Å². The molecule has 0 spiro atoms. The summed E-state index contributed by atoms with van der Waals surface area (Å²) in [4.78, 5) is 116. The van der Waals surface area contributed by atoms with Crippen LogP contribution in [0.4, 0.5) is 0 Å². The van der Waals surface area contributed by atoms with E-state index in [9.17, 15) is 79.2 Å². The van der Waals surface area contributed by atoms with Crippen LogP contribution in [0.25, 0.3) is 21.1 Å². The number of amides is 8. The number of fused-ring (bicyclic) bond motifs is 2. The molecule has 0 bridgehead atoms. The van der Waals surface area contributed by atoms with E-state index in [1.165, 1.54) is 24.3 Å². The van der Waals surface area contributed by atoms with Crippen LogP contribution in [0.2, 0.25) is 0 Å². The molecule has 7 rings (SSSR count). The molecule has 32 nitrogen and oxygen atoms in total. The molecule has 34 heteroatoms. The first-order valence-corrected chi connectivity index (χ1v) is 31.2.